The van der Waals surface area contributed by atoms with Crippen LogP contribution in [0.25, 0.3) is 32.3 Å². The molecule has 0 saturated carbocycles. The molecule has 0 fully saturated rings. The maximum atomic E-state index is 7.30. The second kappa shape index (κ2) is 9.37. The predicted molar refractivity (Wildman–Crippen MR) is 140 cm³/mol. The number of fused-ring (bicyclic) bond motifs is 3. The van der Waals surface area contributed by atoms with Gasteiger partial charge >= 0.3 is 214 Å². The molecule has 0 atom stereocenters. The molecule has 6 aromatic rings. The zero-order valence-electron chi connectivity index (χ0n) is 18.7. The Morgan fingerprint density at radius 1 is 0.371 bits per heavy atom. The summed E-state index contributed by atoms with van der Waals surface area (Å²) < 4.78 is 19.7. The first-order valence-corrected chi connectivity index (χ1v) is 20.2. The van der Waals surface area contributed by atoms with Crippen LogP contribution in [0.2, 0.25) is 0 Å². The molecule has 3 nitrogen and oxygen atoms in total. The molecule has 0 unspecified atom stereocenters. The summed E-state index contributed by atoms with van der Waals surface area (Å²) in [7, 11) is 7.30. The summed E-state index contributed by atoms with van der Waals surface area (Å²) in [5, 5.41) is 6.07. The molecule has 0 radical (unpaired) electrons. The van der Waals surface area contributed by atoms with Gasteiger partial charge in [-0.2, -0.15) is 0 Å². The van der Waals surface area contributed by atoms with Crippen molar-refractivity contribution in [2.45, 2.75) is 0 Å². The fourth-order valence-electron chi connectivity index (χ4n) is 4.31. The Morgan fingerprint density at radius 2 is 0.657 bits per heavy atom. The van der Waals surface area contributed by atoms with Crippen molar-refractivity contribution in [3.8, 4) is 17.2 Å². The minimum absolute atomic E-state index is 0.653. The topological polar surface area (TPSA) is 27.7 Å². The third-order valence-corrected chi connectivity index (χ3v) is 12.8. The van der Waals surface area contributed by atoms with Crippen molar-refractivity contribution < 1.29 is 28.7 Å². The Kier molecular flexibility index (Phi) is 5.93. The van der Waals surface area contributed by atoms with Gasteiger partial charge in [0.2, 0.25) is 0 Å². The van der Waals surface area contributed by atoms with Crippen molar-refractivity contribution in [2.24, 2.45) is 0 Å². The molecule has 6 aromatic carbocycles. The van der Waals surface area contributed by atoms with Crippen LogP contribution >= 0.6 is 8.58 Å². The van der Waals surface area contributed by atoms with Crippen molar-refractivity contribution in [3.63, 3.8) is 0 Å². The molecule has 0 heterocycles. The molecule has 0 aromatic heterocycles. The van der Waals surface area contributed by atoms with Gasteiger partial charge in [-0.3, -0.25) is 0 Å². The van der Waals surface area contributed by atoms with Crippen LogP contribution in [0, 0.1) is 0 Å². The summed E-state index contributed by atoms with van der Waals surface area (Å²) in [5.74, 6) is 1.96. The van der Waals surface area contributed by atoms with Gasteiger partial charge in [0.15, 0.2) is 0 Å². The Labute approximate surface area is 213 Å². The van der Waals surface area contributed by atoms with Gasteiger partial charge in [-0.25, -0.2) is 0 Å². The summed E-state index contributed by atoms with van der Waals surface area (Å²) in [6, 6.07) is 41.9. The van der Waals surface area contributed by atoms with Gasteiger partial charge in [0.05, 0.1) is 0 Å². The van der Waals surface area contributed by atoms with Gasteiger partial charge in [0.25, 0.3) is 0 Å². The Balaban J connectivity index is 1.47. The Bertz CT molecular complexity index is 1450. The molecule has 0 spiro atoms. The average molecular weight is 643 g/mol. The zero-order valence-corrected chi connectivity index (χ0v) is 23.1. The van der Waals surface area contributed by atoms with Crippen LogP contribution in [-0.2, 0) is 20.1 Å². The van der Waals surface area contributed by atoms with E-state index in [1.165, 1.54) is 0 Å². The normalized spacial score (nSPS) is 11.6. The second-order valence-corrected chi connectivity index (χ2v) is 17.7. The zero-order chi connectivity index (χ0) is 23.7. The van der Waals surface area contributed by atoms with Crippen molar-refractivity contribution in [1.29, 1.82) is 0 Å². The summed E-state index contributed by atoms with van der Waals surface area (Å²) in [4.78, 5) is 0. The molecule has 6 rings (SSSR count). The molecule has 0 aliphatic rings. The standard InChI is InChI=1S/3C10H8O.ClH.Hf/c3*11-10-7-3-5-8-4-1-2-6-9(8)10;;/h3*1-7,11H;1H;/q;;;;+4/p-4. The average Bonchev–Trinajstić information content (AvgIpc) is 2.89. The van der Waals surface area contributed by atoms with E-state index < -0.39 is 20.1 Å². The SMILES string of the molecule is [Cl][Hf]([O]c1cccc2ccccc12)([O]c1cccc2ccccc12)[O]c1cccc2ccccc12. The van der Waals surface area contributed by atoms with Gasteiger partial charge in [0, 0.05) is 0 Å². The van der Waals surface area contributed by atoms with E-state index in [4.69, 9.17) is 17.1 Å². The van der Waals surface area contributed by atoms with Gasteiger partial charge in [-0.05, 0) is 0 Å². The Morgan fingerprint density at radius 3 is 1.00 bits per heavy atom. The van der Waals surface area contributed by atoms with Crippen molar-refractivity contribution in [2.75, 3.05) is 0 Å². The summed E-state index contributed by atoms with van der Waals surface area (Å²) in [6.45, 7) is 0. The van der Waals surface area contributed by atoms with E-state index in [0.29, 0.717) is 17.2 Å². The number of benzene rings is 6. The monoisotopic (exact) mass is 644 g/mol. The number of hydrogen-bond acceptors (Lipinski definition) is 3. The molecule has 35 heavy (non-hydrogen) atoms. The van der Waals surface area contributed by atoms with Crippen LogP contribution in [0.15, 0.2) is 127 Å². The van der Waals surface area contributed by atoms with Gasteiger partial charge in [0.1, 0.15) is 0 Å². The molecule has 0 saturated heterocycles. The van der Waals surface area contributed by atoms with E-state index >= 15 is 0 Å². The van der Waals surface area contributed by atoms with E-state index in [-0.39, 0.29) is 0 Å². The molecular formula is C30H21ClHfO3. The van der Waals surface area contributed by atoms with Crippen LogP contribution in [0.3, 0.4) is 0 Å². The summed E-state index contributed by atoms with van der Waals surface area (Å²) in [6.07, 6.45) is 0. The third kappa shape index (κ3) is 4.52. The molecule has 0 N–H and O–H groups in total. The van der Waals surface area contributed by atoms with Crippen molar-refractivity contribution in [3.05, 3.63) is 127 Å². The van der Waals surface area contributed by atoms with Crippen LogP contribution in [0.5, 0.6) is 17.2 Å². The number of halogens is 1. The summed E-state index contributed by atoms with van der Waals surface area (Å²) >= 11 is -4.98. The van der Waals surface area contributed by atoms with E-state index in [9.17, 15) is 0 Å². The minimum atomic E-state index is -4.98. The second-order valence-electron chi connectivity index (χ2n) is 8.22. The first-order chi connectivity index (χ1) is 17.2. The van der Waals surface area contributed by atoms with Crippen LogP contribution < -0.4 is 8.56 Å². The maximum absolute atomic E-state index is 7.30. The van der Waals surface area contributed by atoms with Gasteiger partial charge in [-0.15, -0.1) is 0 Å². The molecule has 5 heteroatoms. The molecule has 0 aliphatic heterocycles. The van der Waals surface area contributed by atoms with Crippen LogP contribution in [-0.4, -0.2) is 0 Å². The molecular weight excluding hydrogens is 622 g/mol. The fourth-order valence-corrected chi connectivity index (χ4v) is 11.6. The van der Waals surface area contributed by atoms with Gasteiger partial charge in [-0.1, -0.05) is 0 Å². The predicted octanol–water partition coefficient (Wildman–Crippen LogP) is 8.74. The van der Waals surface area contributed by atoms with E-state index in [0.717, 1.165) is 32.3 Å². The first kappa shape index (κ1) is 22.1. The molecule has 0 bridgehead atoms. The quantitative estimate of drug-likeness (QED) is 0.170. The van der Waals surface area contributed by atoms with Crippen molar-refractivity contribution >= 4 is 40.9 Å². The first-order valence-electron chi connectivity index (χ1n) is 11.4. The van der Waals surface area contributed by atoms with Crippen molar-refractivity contribution in [1.82, 2.24) is 0 Å². The number of rotatable bonds is 6. The molecule has 170 valence electrons. The summed E-state index contributed by atoms with van der Waals surface area (Å²) in [5.41, 5.74) is 0. The van der Waals surface area contributed by atoms with Crippen LogP contribution in [0.4, 0.5) is 0 Å². The van der Waals surface area contributed by atoms with E-state index in [1.54, 1.807) is 0 Å². The molecule has 0 aliphatic carbocycles. The fraction of sp³-hybridized carbons (Fsp3) is 0. The van der Waals surface area contributed by atoms with E-state index in [1.807, 2.05) is 127 Å². The molecule has 0 amide bonds. The van der Waals surface area contributed by atoms with Crippen LogP contribution in [0.1, 0.15) is 0 Å². The number of hydrogen-bond donors (Lipinski definition) is 0. The van der Waals surface area contributed by atoms with Gasteiger partial charge < -0.3 is 0 Å². The Hall–Kier alpha value is -3.34. The van der Waals surface area contributed by atoms with E-state index in [2.05, 4.69) is 0 Å². The third-order valence-electron chi connectivity index (χ3n) is 5.94.